The van der Waals surface area contributed by atoms with E-state index in [1.807, 2.05) is 18.3 Å². The lowest BCUT2D eigenvalue weighted by atomic mass is 9.92. The number of nitrogens with two attached hydrogens (primary N) is 1. The average molecular weight is 593 g/mol. The summed E-state index contributed by atoms with van der Waals surface area (Å²) >= 11 is 12.6. The number of halogens is 2. The Kier molecular flexibility index (Phi) is 7.93. The number of carbonyl (C=O) groups is 1. The van der Waals surface area contributed by atoms with Gasteiger partial charge in [0.05, 0.1) is 28.8 Å². The zero-order valence-electron chi connectivity index (χ0n) is 22.4. The van der Waals surface area contributed by atoms with Crippen LogP contribution in [0.5, 0.6) is 0 Å². The van der Waals surface area contributed by atoms with Crippen LogP contribution in [0, 0.1) is 11.8 Å². The first-order chi connectivity index (χ1) is 19.9. The first kappa shape index (κ1) is 27.3. The Hall–Kier alpha value is -3.89. The van der Waals surface area contributed by atoms with Gasteiger partial charge in [-0.1, -0.05) is 23.2 Å². The van der Waals surface area contributed by atoms with E-state index in [0.29, 0.717) is 33.9 Å². The molecule has 3 aromatic rings. The molecule has 1 unspecified atom stereocenters. The third kappa shape index (κ3) is 6.39. The van der Waals surface area contributed by atoms with Crippen molar-refractivity contribution in [2.75, 3.05) is 39.7 Å². The number of benzene rings is 1. The largest absolute Gasteiger partial charge is 0.396 e. The van der Waals surface area contributed by atoms with Gasteiger partial charge in [-0.2, -0.15) is 4.98 Å². The number of anilines is 6. The van der Waals surface area contributed by atoms with Crippen LogP contribution in [0.2, 0.25) is 10.0 Å². The van der Waals surface area contributed by atoms with E-state index in [9.17, 15) is 4.79 Å². The molecule has 1 saturated heterocycles. The Labute approximate surface area is 248 Å². The number of nitrogens with one attached hydrogen (secondary N) is 3. The molecule has 1 atom stereocenters. The van der Waals surface area contributed by atoms with Crippen molar-refractivity contribution in [3.63, 3.8) is 0 Å². The summed E-state index contributed by atoms with van der Waals surface area (Å²) in [5, 5.41) is 10.6. The molecule has 5 heterocycles. The molecule has 12 heteroatoms. The van der Waals surface area contributed by atoms with Crippen LogP contribution in [0.3, 0.4) is 0 Å². The molecule has 1 fully saturated rings. The number of rotatable bonds is 4. The molecule has 41 heavy (non-hydrogen) atoms. The lowest BCUT2D eigenvalue weighted by molar-refractivity contribution is -0.117. The highest BCUT2D eigenvalue weighted by atomic mass is 35.5. The number of aromatic nitrogens is 3. The Bertz CT molecular complexity index is 1520. The minimum absolute atomic E-state index is 0.0180. The van der Waals surface area contributed by atoms with Crippen LogP contribution in [-0.2, 0) is 11.2 Å². The molecule has 0 aliphatic carbocycles. The van der Waals surface area contributed by atoms with Gasteiger partial charge in [-0.15, -0.1) is 0 Å². The Morgan fingerprint density at radius 2 is 1.95 bits per heavy atom. The number of piperidine rings is 1. The van der Waals surface area contributed by atoms with E-state index < -0.39 is 0 Å². The zero-order valence-corrected chi connectivity index (χ0v) is 23.9. The molecule has 10 nitrogen and oxygen atoms in total. The van der Waals surface area contributed by atoms with Crippen LogP contribution in [0.15, 0.2) is 53.7 Å². The number of aliphatic imine (C=N–C) groups is 1. The average Bonchev–Trinajstić information content (AvgIpc) is 2.97. The summed E-state index contributed by atoms with van der Waals surface area (Å²) in [6.45, 7) is 1.61. The second-order valence-corrected chi connectivity index (χ2v) is 11.5. The highest BCUT2D eigenvalue weighted by molar-refractivity contribution is 6.33. The fourth-order valence-corrected chi connectivity index (χ4v) is 5.86. The van der Waals surface area contributed by atoms with Gasteiger partial charge in [0.2, 0.25) is 11.9 Å². The van der Waals surface area contributed by atoms with Crippen molar-refractivity contribution in [1.82, 2.24) is 15.0 Å². The van der Waals surface area contributed by atoms with Crippen molar-refractivity contribution in [3.05, 3.63) is 64.3 Å². The Morgan fingerprint density at radius 1 is 1.10 bits per heavy atom. The lowest BCUT2D eigenvalue weighted by Crippen LogP contribution is -2.35. The van der Waals surface area contributed by atoms with Gasteiger partial charge in [0.15, 0.2) is 5.82 Å². The summed E-state index contributed by atoms with van der Waals surface area (Å²) in [5.41, 5.74) is 11.2. The van der Waals surface area contributed by atoms with Crippen LogP contribution < -0.4 is 26.6 Å². The number of hydrogen-bond donors (Lipinski definition) is 4. The van der Waals surface area contributed by atoms with E-state index in [1.54, 1.807) is 24.8 Å². The van der Waals surface area contributed by atoms with Crippen molar-refractivity contribution in [3.8, 4) is 0 Å². The van der Waals surface area contributed by atoms with E-state index in [4.69, 9.17) is 28.9 Å². The van der Waals surface area contributed by atoms with Crippen molar-refractivity contribution < 1.29 is 4.79 Å². The topological polar surface area (TPSA) is 133 Å². The summed E-state index contributed by atoms with van der Waals surface area (Å²) in [7, 11) is 0. The maximum absolute atomic E-state index is 13.2. The van der Waals surface area contributed by atoms with E-state index in [2.05, 4.69) is 46.9 Å². The van der Waals surface area contributed by atoms with Crippen molar-refractivity contribution in [2.24, 2.45) is 16.8 Å². The summed E-state index contributed by atoms with van der Waals surface area (Å²) in [4.78, 5) is 32.9. The van der Waals surface area contributed by atoms with Crippen LogP contribution >= 0.6 is 23.2 Å². The van der Waals surface area contributed by atoms with Gasteiger partial charge >= 0.3 is 0 Å². The van der Waals surface area contributed by atoms with Crippen LogP contribution in [0.25, 0.3) is 0 Å². The molecule has 0 radical (unpaired) electrons. The number of amides is 1. The van der Waals surface area contributed by atoms with E-state index in [-0.39, 0.29) is 17.7 Å². The molecule has 5 N–H and O–H groups in total. The summed E-state index contributed by atoms with van der Waals surface area (Å²) in [6.07, 6.45) is 13.4. The number of pyridine rings is 1. The molecule has 1 amide bonds. The number of hydrogen-bond acceptors (Lipinski definition) is 9. The highest BCUT2D eigenvalue weighted by Crippen LogP contribution is 2.34. The number of nitrogen functional groups attached to an aromatic ring is 1. The summed E-state index contributed by atoms with van der Waals surface area (Å²) in [5.74, 6) is 1.52. The minimum Gasteiger partial charge on any atom is -0.396 e. The quantitative estimate of drug-likeness (QED) is 0.288. The van der Waals surface area contributed by atoms with Gasteiger partial charge in [-0.25, -0.2) is 4.98 Å². The second kappa shape index (κ2) is 11.9. The molecule has 3 aliphatic rings. The molecule has 1 aromatic carbocycles. The van der Waals surface area contributed by atoms with Crippen LogP contribution in [-0.4, -0.2) is 40.2 Å². The molecular weight excluding hydrogens is 561 g/mol. The number of fused-ring (bicyclic) bond motifs is 6. The number of nitrogens with zero attached hydrogens (tertiary/aromatic N) is 5. The Balaban J connectivity index is 1.14. The lowest BCUT2D eigenvalue weighted by Gasteiger charge is -2.34. The van der Waals surface area contributed by atoms with Gasteiger partial charge in [0.25, 0.3) is 0 Å². The van der Waals surface area contributed by atoms with Crippen molar-refractivity contribution >= 4 is 69.8 Å². The SMILES string of the molecule is Nc1c(Cl)cncc1N1CCC(CC(=O)Nc2ccc3cc2CCC2C=NC=C(C2)Nc2ncc(Cl)c(n2)N3)CC1. The van der Waals surface area contributed by atoms with Gasteiger partial charge in [0.1, 0.15) is 5.02 Å². The molecule has 0 spiro atoms. The van der Waals surface area contributed by atoms with E-state index in [1.165, 1.54) is 0 Å². The predicted molar refractivity (Wildman–Crippen MR) is 165 cm³/mol. The van der Waals surface area contributed by atoms with Gasteiger partial charge in [0, 0.05) is 61.1 Å². The monoisotopic (exact) mass is 591 g/mol. The Morgan fingerprint density at radius 3 is 2.80 bits per heavy atom. The molecule has 6 rings (SSSR count). The maximum atomic E-state index is 13.2. The summed E-state index contributed by atoms with van der Waals surface area (Å²) in [6, 6.07) is 5.92. The zero-order chi connectivity index (χ0) is 28.3. The first-order valence-corrected chi connectivity index (χ1v) is 14.5. The summed E-state index contributed by atoms with van der Waals surface area (Å²) < 4.78 is 0. The molecule has 212 valence electrons. The molecule has 0 saturated carbocycles. The second-order valence-electron chi connectivity index (χ2n) is 10.7. The van der Waals surface area contributed by atoms with Crippen LogP contribution in [0.1, 0.15) is 37.7 Å². The number of carbonyl (C=O) groups excluding carboxylic acids is 1. The van der Waals surface area contributed by atoms with Crippen molar-refractivity contribution in [1.29, 1.82) is 0 Å². The number of allylic oxidation sites excluding steroid dienone is 1. The van der Waals surface area contributed by atoms with Crippen LogP contribution in [0.4, 0.5) is 34.5 Å². The smallest absolute Gasteiger partial charge is 0.229 e. The fourth-order valence-electron chi connectivity index (χ4n) is 5.57. The minimum atomic E-state index is 0.0180. The van der Waals surface area contributed by atoms with E-state index >= 15 is 0 Å². The van der Waals surface area contributed by atoms with Gasteiger partial charge < -0.3 is 26.6 Å². The molecular formula is C29H31Cl2N9O. The standard InChI is InChI=1S/C29H31Cl2N9O/c30-22-14-34-16-25(27(22)32)40-7-5-17(6-8-40)10-26(41)38-24-4-3-20-11-19(24)2-1-18-9-21(13-33-12-18)37-29-35-15-23(31)28(36-20)39-29/h3-4,11-18H,1-2,5-10H2,(H2,32,34)(H,38,41)(H2,35,36,37,39). The fraction of sp³-hybridized carbons (Fsp3) is 0.345. The molecule has 3 aliphatic heterocycles. The maximum Gasteiger partial charge on any atom is 0.229 e. The highest BCUT2D eigenvalue weighted by Gasteiger charge is 2.24. The predicted octanol–water partition coefficient (Wildman–Crippen LogP) is 6.04. The first-order valence-electron chi connectivity index (χ1n) is 13.8. The van der Waals surface area contributed by atoms with Crippen molar-refractivity contribution in [2.45, 2.75) is 38.5 Å². The number of aryl methyl sites for hydroxylation is 1. The molecule has 6 bridgehead atoms. The van der Waals surface area contributed by atoms with E-state index in [0.717, 1.165) is 73.5 Å². The van der Waals surface area contributed by atoms with Gasteiger partial charge in [-0.3, -0.25) is 14.8 Å². The molecule has 2 aromatic heterocycles. The third-order valence-electron chi connectivity index (χ3n) is 7.80. The normalized spacial score (nSPS) is 18.6. The third-order valence-corrected chi connectivity index (χ3v) is 8.38. The van der Waals surface area contributed by atoms with Gasteiger partial charge in [-0.05, 0) is 61.8 Å².